The smallest absolute Gasteiger partial charge is 0.262 e. The summed E-state index contributed by atoms with van der Waals surface area (Å²) >= 11 is 0. The van der Waals surface area contributed by atoms with Crippen LogP contribution < -0.4 is 27.0 Å². The summed E-state index contributed by atoms with van der Waals surface area (Å²) < 4.78 is 3.44. The maximum Gasteiger partial charge on any atom is 0.262 e. The van der Waals surface area contributed by atoms with Crippen molar-refractivity contribution in [2.75, 3.05) is 23.9 Å². The molecule has 0 aliphatic heterocycles. The van der Waals surface area contributed by atoms with Crippen molar-refractivity contribution >= 4 is 23.6 Å². The molecule has 9 heteroatoms. The maximum atomic E-state index is 11.5. The molecule has 160 valence electrons. The fraction of sp³-hybridized carbons (Fsp3) is 0.550. The van der Waals surface area contributed by atoms with Crippen molar-refractivity contribution < 1.29 is 19.4 Å². The van der Waals surface area contributed by atoms with Gasteiger partial charge in [0.25, 0.3) is 11.2 Å². The van der Waals surface area contributed by atoms with Gasteiger partial charge in [0.05, 0.1) is 6.04 Å². The Balaban J connectivity index is 2.27. The molecule has 7 N–H and O–H groups in total. The normalized spacial score (nSPS) is 13.2. The average Bonchev–Trinajstić information content (AvgIpc) is 3.11. The van der Waals surface area contributed by atoms with Crippen LogP contribution in [0.5, 0.6) is 5.75 Å². The first-order chi connectivity index (χ1) is 14.0. The van der Waals surface area contributed by atoms with Gasteiger partial charge in [-0.05, 0) is 51.6 Å². The highest BCUT2D eigenvalue weighted by atomic mass is 16.3. The van der Waals surface area contributed by atoms with Crippen molar-refractivity contribution in [1.29, 1.82) is 0 Å². The second-order valence-electron chi connectivity index (χ2n) is 7.22. The van der Waals surface area contributed by atoms with Gasteiger partial charge in [0.1, 0.15) is 24.1 Å². The summed E-state index contributed by atoms with van der Waals surface area (Å²) in [5.41, 5.74) is 19.5. The Bertz CT molecular complexity index is 807. The van der Waals surface area contributed by atoms with Crippen LogP contribution in [0.2, 0.25) is 0 Å². The first-order valence-corrected chi connectivity index (χ1v) is 10.1. The number of aromatic hydroxyl groups is 1. The molecule has 2 atom stereocenters. The summed E-state index contributed by atoms with van der Waals surface area (Å²) in [5, 5.41) is 10.4. The molecule has 0 aliphatic rings. The van der Waals surface area contributed by atoms with Gasteiger partial charge in [0.2, 0.25) is 0 Å². The lowest BCUT2D eigenvalue weighted by molar-refractivity contribution is -0.632. The lowest BCUT2D eigenvalue weighted by Crippen LogP contribution is -2.53. The summed E-state index contributed by atoms with van der Waals surface area (Å²) in [6.07, 6.45) is 8.26. The molecule has 2 rings (SSSR count). The Labute approximate surface area is 171 Å². The highest BCUT2D eigenvalue weighted by Crippen LogP contribution is 2.20. The van der Waals surface area contributed by atoms with Gasteiger partial charge in [-0.1, -0.05) is 4.68 Å². The molecule has 0 saturated carbocycles. The van der Waals surface area contributed by atoms with E-state index in [1.165, 1.54) is 0 Å². The molecule has 0 aromatic carbocycles. The highest BCUT2D eigenvalue weighted by Gasteiger charge is 2.24. The average molecular weight is 406 g/mol. The highest BCUT2D eigenvalue weighted by molar-refractivity contribution is 5.75. The van der Waals surface area contributed by atoms with Crippen LogP contribution >= 0.6 is 0 Å². The molecule has 2 aromatic heterocycles. The summed E-state index contributed by atoms with van der Waals surface area (Å²) in [6, 6.07) is 2.75. The van der Waals surface area contributed by atoms with E-state index in [2.05, 4.69) is 10.9 Å². The molecule has 0 fully saturated rings. The number of nitrogens with two attached hydrogens (primary N) is 2. The van der Waals surface area contributed by atoms with E-state index in [9.17, 15) is 14.7 Å². The quantitative estimate of drug-likeness (QED) is 0.174. The third-order valence-electron chi connectivity index (χ3n) is 4.99. The van der Waals surface area contributed by atoms with Crippen molar-refractivity contribution in [3.05, 3.63) is 24.0 Å². The lowest BCUT2D eigenvalue weighted by atomic mass is 10.1. The van der Waals surface area contributed by atoms with Crippen LogP contribution in [0, 0.1) is 6.92 Å². The maximum absolute atomic E-state index is 11.5. The van der Waals surface area contributed by atoms with Crippen molar-refractivity contribution in [3.8, 4) is 5.75 Å². The number of nitrogens with one attached hydrogen (secondary N) is 2. The second kappa shape index (κ2) is 11.4. The van der Waals surface area contributed by atoms with Gasteiger partial charge in [-0.3, -0.25) is 4.68 Å². The van der Waals surface area contributed by atoms with E-state index < -0.39 is 6.04 Å². The van der Waals surface area contributed by atoms with Gasteiger partial charge in [0.15, 0.2) is 5.75 Å². The number of pyridine rings is 1. The molecular weight excluding hydrogens is 372 g/mol. The molecule has 0 amide bonds. The Morgan fingerprint density at radius 1 is 1.10 bits per heavy atom. The summed E-state index contributed by atoms with van der Waals surface area (Å²) in [4.78, 5) is 23.0. The molecular formula is C20H33N6O3+. The van der Waals surface area contributed by atoms with Crippen LogP contribution in [0.1, 0.15) is 44.2 Å². The minimum atomic E-state index is -0.398. The SMILES string of the molecule is Cc1c(O)cc2c(ccn2N[C@H](C=O)CCCCN)[n+]1N[C@H](C=O)CCCCN. The number of fused-ring (bicyclic) bond motifs is 1. The molecule has 2 heterocycles. The van der Waals surface area contributed by atoms with Gasteiger partial charge in [-0.25, -0.2) is 0 Å². The minimum absolute atomic E-state index is 0.0872. The van der Waals surface area contributed by atoms with Crippen LogP contribution in [0.3, 0.4) is 0 Å². The number of carbonyl (C=O) groups is 2. The van der Waals surface area contributed by atoms with Gasteiger partial charge in [-0.15, -0.1) is 0 Å². The Morgan fingerprint density at radius 2 is 1.72 bits per heavy atom. The van der Waals surface area contributed by atoms with Gasteiger partial charge in [0, 0.05) is 25.3 Å². The van der Waals surface area contributed by atoms with Gasteiger partial charge < -0.3 is 31.6 Å². The van der Waals surface area contributed by atoms with E-state index in [1.54, 1.807) is 28.5 Å². The van der Waals surface area contributed by atoms with Crippen LogP contribution in [-0.2, 0) is 9.59 Å². The van der Waals surface area contributed by atoms with Crippen LogP contribution in [0.25, 0.3) is 11.0 Å². The zero-order chi connectivity index (χ0) is 21.2. The number of carbonyl (C=O) groups excluding carboxylic acids is 2. The molecule has 0 unspecified atom stereocenters. The van der Waals surface area contributed by atoms with E-state index in [-0.39, 0.29) is 11.8 Å². The van der Waals surface area contributed by atoms with E-state index >= 15 is 0 Å². The van der Waals surface area contributed by atoms with Crippen LogP contribution in [0.15, 0.2) is 18.3 Å². The van der Waals surface area contributed by atoms with Crippen LogP contribution in [0.4, 0.5) is 0 Å². The fourth-order valence-electron chi connectivity index (χ4n) is 3.26. The Morgan fingerprint density at radius 3 is 2.31 bits per heavy atom. The summed E-state index contributed by atoms with van der Waals surface area (Å²) in [6.45, 7) is 2.96. The zero-order valence-corrected chi connectivity index (χ0v) is 17.0. The van der Waals surface area contributed by atoms with Crippen molar-refractivity contribution in [2.24, 2.45) is 11.5 Å². The van der Waals surface area contributed by atoms with Crippen molar-refractivity contribution in [2.45, 2.75) is 57.5 Å². The molecule has 0 radical (unpaired) electrons. The third kappa shape index (κ3) is 5.91. The molecule has 0 saturated heterocycles. The number of aromatic nitrogens is 2. The Kier molecular flexibility index (Phi) is 8.88. The summed E-state index contributed by atoms with van der Waals surface area (Å²) in [5.74, 6) is 0.0872. The number of hydrogen-bond acceptors (Lipinski definition) is 7. The molecule has 29 heavy (non-hydrogen) atoms. The molecule has 0 spiro atoms. The molecule has 9 nitrogen and oxygen atoms in total. The topological polar surface area (TPSA) is 139 Å². The number of rotatable bonds is 14. The van der Waals surface area contributed by atoms with E-state index in [1.807, 2.05) is 6.07 Å². The number of hydrogen-bond donors (Lipinski definition) is 5. The number of nitrogens with zero attached hydrogens (tertiary/aromatic N) is 2. The van der Waals surface area contributed by atoms with E-state index in [0.717, 1.165) is 43.8 Å². The van der Waals surface area contributed by atoms with Gasteiger partial charge >= 0.3 is 0 Å². The fourth-order valence-corrected chi connectivity index (χ4v) is 3.26. The van der Waals surface area contributed by atoms with Crippen molar-refractivity contribution in [3.63, 3.8) is 0 Å². The zero-order valence-electron chi connectivity index (χ0n) is 17.0. The third-order valence-corrected chi connectivity index (χ3v) is 4.99. The number of unbranched alkanes of at least 4 members (excludes halogenated alkanes) is 2. The Hall–Kier alpha value is -2.65. The van der Waals surface area contributed by atoms with Crippen LogP contribution in [-0.4, -0.2) is 47.5 Å². The summed E-state index contributed by atoms with van der Waals surface area (Å²) in [7, 11) is 0. The molecule has 2 aromatic rings. The largest absolute Gasteiger partial charge is 0.502 e. The van der Waals surface area contributed by atoms with Gasteiger partial charge in [-0.2, -0.15) is 5.43 Å². The molecule has 0 aliphatic carbocycles. The predicted molar refractivity (Wildman–Crippen MR) is 113 cm³/mol. The standard InChI is InChI=1S/C20H32N6O3/c1-15-20(29)12-19-18(26(15)24-17(14-28)7-3-5-10-22)8-11-25(19)23-16(13-27)6-2-4-9-21/h8,11-14,16-17,23-24H,2-7,9-10,21-22H2,1H3/p+1/t16-,17-/m0/s1. The minimum Gasteiger partial charge on any atom is -0.502 e. The molecule has 0 bridgehead atoms. The monoisotopic (exact) mass is 405 g/mol. The first kappa shape index (κ1) is 22.6. The first-order valence-electron chi connectivity index (χ1n) is 10.1. The van der Waals surface area contributed by atoms with E-state index in [0.29, 0.717) is 37.1 Å². The second-order valence-corrected chi connectivity index (χ2v) is 7.22. The lowest BCUT2D eigenvalue weighted by Gasteiger charge is -2.16. The number of aldehydes is 2. The van der Waals surface area contributed by atoms with E-state index in [4.69, 9.17) is 11.5 Å². The van der Waals surface area contributed by atoms with Crippen molar-refractivity contribution in [1.82, 2.24) is 4.68 Å². The predicted octanol–water partition coefficient (Wildman–Crippen LogP) is 0.423.